The van der Waals surface area contributed by atoms with Crippen molar-refractivity contribution in [3.8, 4) is 5.75 Å². The normalized spacial score (nSPS) is 11.3. The smallest absolute Gasteiger partial charge is 0.390 e. The number of guanidine groups is 1. The first-order chi connectivity index (χ1) is 11.9. The summed E-state index contributed by atoms with van der Waals surface area (Å²) in [4.78, 5) is 15.8. The van der Waals surface area contributed by atoms with Gasteiger partial charge in [0, 0.05) is 25.2 Å². The molecule has 0 aliphatic carbocycles. The fraction of sp³-hybridized carbons (Fsp3) is 0.500. The van der Waals surface area contributed by atoms with Gasteiger partial charge in [0.25, 0.3) is 5.91 Å². The third kappa shape index (κ3) is 10.3. The van der Waals surface area contributed by atoms with Gasteiger partial charge >= 0.3 is 6.18 Å². The summed E-state index contributed by atoms with van der Waals surface area (Å²) in [5.41, 5.74) is 0.463. The fourth-order valence-corrected chi connectivity index (χ4v) is 1.86. The van der Waals surface area contributed by atoms with Gasteiger partial charge in [0.05, 0.1) is 20.1 Å². The molecule has 26 heavy (non-hydrogen) atoms. The number of nitrogens with zero attached hydrogens (tertiary/aromatic N) is 1. The highest BCUT2D eigenvalue weighted by Crippen LogP contribution is 2.18. The summed E-state index contributed by atoms with van der Waals surface area (Å²) >= 11 is 0. The maximum absolute atomic E-state index is 12.1. The zero-order valence-corrected chi connectivity index (χ0v) is 17.0. The van der Waals surface area contributed by atoms with Crippen LogP contribution in [0.4, 0.5) is 13.2 Å². The van der Waals surface area contributed by atoms with Crippen LogP contribution in [0.5, 0.6) is 5.75 Å². The van der Waals surface area contributed by atoms with Crippen molar-refractivity contribution < 1.29 is 22.7 Å². The number of carbonyl (C=O) groups excluding carboxylic acids is 1. The molecule has 0 unspecified atom stereocenters. The van der Waals surface area contributed by atoms with E-state index in [1.165, 1.54) is 7.11 Å². The lowest BCUT2D eigenvalue weighted by Crippen LogP contribution is -2.41. The number of benzene rings is 1. The number of aliphatic imine (C=N–C) groups is 1. The Morgan fingerprint density at radius 1 is 1.19 bits per heavy atom. The van der Waals surface area contributed by atoms with Crippen LogP contribution < -0.4 is 20.7 Å². The molecule has 0 bridgehead atoms. The first-order valence-corrected chi connectivity index (χ1v) is 7.87. The molecule has 0 fully saturated rings. The molecule has 0 aliphatic rings. The fourth-order valence-electron chi connectivity index (χ4n) is 1.86. The molecule has 0 saturated heterocycles. The van der Waals surface area contributed by atoms with E-state index in [0.717, 1.165) is 0 Å². The van der Waals surface area contributed by atoms with Gasteiger partial charge in [0.15, 0.2) is 5.96 Å². The number of amides is 1. The van der Waals surface area contributed by atoms with Gasteiger partial charge in [0.2, 0.25) is 0 Å². The van der Waals surface area contributed by atoms with E-state index in [4.69, 9.17) is 4.74 Å². The first kappa shape index (κ1) is 24.3. The molecule has 1 amide bonds. The van der Waals surface area contributed by atoms with E-state index in [1.54, 1.807) is 24.3 Å². The van der Waals surface area contributed by atoms with Crippen LogP contribution in [-0.4, -0.2) is 51.3 Å². The molecular weight excluding hydrogens is 464 g/mol. The lowest BCUT2D eigenvalue weighted by atomic mass is 10.2. The number of nitrogens with one attached hydrogen (secondary N) is 3. The molecule has 6 nitrogen and oxygen atoms in total. The molecule has 3 N–H and O–H groups in total. The van der Waals surface area contributed by atoms with Gasteiger partial charge < -0.3 is 20.7 Å². The van der Waals surface area contributed by atoms with Crippen molar-refractivity contribution in [2.45, 2.75) is 19.5 Å². The summed E-state index contributed by atoms with van der Waals surface area (Å²) in [5, 5.41) is 8.42. The van der Waals surface area contributed by atoms with Crippen molar-refractivity contribution in [1.29, 1.82) is 0 Å². The number of carbonyl (C=O) groups is 1. The van der Waals surface area contributed by atoms with Gasteiger partial charge in [-0.25, -0.2) is 0 Å². The van der Waals surface area contributed by atoms with E-state index in [1.807, 2.05) is 6.92 Å². The Labute approximate surface area is 168 Å². The largest absolute Gasteiger partial charge is 0.497 e. The van der Waals surface area contributed by atoms with E-state index in [9.17, 15) is 18.0 Å². The number of hydrogen-bond donors (Lipinski definition) is 3. The Balaban J connectivity index is 0.00000625. The van der Waals surface area contributed by atoms with E-state index in [0.29, 0.717) is 30.9 Å². The van der Waals surface area contributed by atoms with Crippen molar-refractivity contribution in [3.05, 3.63) is 29.8 Å². The molecule has 1 aromatic rings. The molecular formula is C16H24F3IN4O2. The number of ether oxygens (including phenoxy) is 1. The lowest BCUT2D eigenvalue weighted by Gasteiger charge is -2.12. The highest BCUT2D eigenvalue weighted by Gasteiger charge is 2.26. The summed E-state index contributed by atoms with van der Waals surface area (Å²) in [6, 6.07) is 6.72. The molecule has 0 spiro atoms. The van der Waals surface area contributed by atoms with Crippen LogP contribution in [0, 0.1) is 0 Å². The Bertz CT molecular complexity index is 583. The van der Waals surface area contributed by atoms with Crippen molar-refractivity contribution in [2.75, 3.05) is 33.3 Å². The zero-order chi connectivity index (χ0) is 18.7. The van der Waals surface area contributed by atoms with Gasteiger partial charge in [-0.15, -0.1) is 24.0 Å². The average Bonchev–Trinajstić information content (AvgIpc) is 2.57. The standard InChI is InChI=1S/C16H23F3N4O2.HI/c1-3-20-15(22-8-7-16(17,18)19)23-10-9-21-14(24)12-5-4-6-13(11-12)25-2;/h4-6,11H,3,7-10H2,1-2H3,(H,21,24)(H2,20,22,23);1H. The number of alkyl halides is 3. The van der Waals surface area contributed by atoms with Gasteiger partial charge in [-0.05, 0) is 25.1 Å². The van der Waals surface area contributed by atoms with Gasteiger partial charge in [0.1, 0.15) is 5.75 Å². The Kier molecular flexibility index (Phi) is 11.8. The summed E-state index contributed by atoms with van der Waals surface area (Å²) in [7, 11) is 1.52. The summed E-state index contributed by atoms with van der Waals surface area (Å²) in [6.07, 6.45) is -5.21. The second kappa shape index (κ2) is 12.6. The van der Waals surface area contributed by atoms with Gasteiger partial charge in [-0.3, -0.25) is 9.79 Å². The molecule has 1 aromatic carbocycles. The van der Waals surface area contributed by atoms with Gasteiger partial charge in [-0.2, -0.15) is 13.2 Å². The van der Waals surface area contributed by atoms with Crippen molar-refractivity contribution in [1.82, 2.24) is 16.0 Å². The topological polar surface area (TPSA) is 74.8 Å². The van der Waals surface area contributed by atoms with E-state index in [2.05, 4.69) is 20.9 Å². The molecule has 1 rings (SSSR count). The van der Waals surface area contributed by atoms with Crippen LogP contribution in [0.25, 0.3) is 0 Å². The molecule has 0 saturated carbocycles. The average molecular weight is 488 g/mol. The third-order valence-corrected chi connectivity index (χ3v) is 3.04. The van der Waals surface area contributed by atoms with Crippen LogP contribution in [0.3, 0.4) is 0 Å². The third-order valence-electron chi connectivity index (χ3n) is 3.04. The zero-order valence-electron chi connectivity index (χ0n) is 14.7. The maximum atomic E-state index is 12.1. The molecule has 148 valence electrons. The Morgan fingerprint density at radius 2 is 1.88 bits per heavy atom. The second-order valence-corrected chi connectivity index (χ2v) is 5.04. The minimum absolute atomic E-state index is 0. The molecule has 0 radical (unpaired) electrons. The minimum atomic E-state index is -4.23. The molecule has 10 heteroatoms. The van der Waals surface area contributed by atoms with Crippen LogP contribution >= 0.6 is 24.0 Å². The monoisotopic (exact) mass is 488 g/mol. The second-order valence-electron chi connectivity index (χ2n) is 5.04. The summed E-state index contributed by atoms with van der Waals surface area (Å²) < 4.78 is 41.5. The van der Waals surface area contributed by atoms with Crippen LogP contribution in [0.1, 0.15) is 23.7 Å². The molecule has 0 atom stereocenters. The highest BCUT2D eigenvalue weighted by molar-refractivity contribution is 14.0. The van der Waals surface area contributed by atoms with E-state index < -0.39 is 12.6 Å². The van der Waals surface area contributed by atoms with Crippen LogP contribution in [-0.2, 0) is 0 Å². The van der Waals surface area contributed by atoms with Gasteiger partial charge in [-0.1, -0.05) is 6.07 Å². The molecule has 0 aliphatic heterocycles. The minimum Gasteiger partial charge on any atom is -0.497 e. The molecule has 0 aromatic heterocycles. The number of halogens is 4. The SMILES string of the molecule is CCNC(=NCCC(F)(F)F)NCCNC(=O)c1cccc(OC)c1.I. The Morgan fingerprint density at radius 3 is 2.50 bits per heavy atom. The lowest BCUT2D eigenvalue weighted by molar-refractivity contribution is -0.132. The highest BCUT2D eigenvalue weighted by atomic mass is 127. The van der Waals surface area contributed by atoms with Crippen molar-refractivity contribution in [3.63, 3.8) is 0 Å². The van der Waals surface area contributed by atoms with Crippen LogP contribution in [0.15, 0.2) is 29.3 Å². The van der Waals surface area contributed by atoms with E-state index >= 15 is 0 Å². The number of hydrogen-bond acceptors (Lipinski definition) is 3. The number of methoxy groups -OCH3 is 1. The predicted molar refractivity (Wildman–Crippen MR) is 105 cm³/mol. The van der Waals surface area contributed by atoms with Crippen molar-refractivity contribution in [2.24, 2.45) is 4.99 Å². The van der Waals surface area contributed by atoms with Crippen LogP contribution in [0.2, 0.25) is 0 Å². The summed E-state index contributed by atoms with van der Waals surface area (Å²) in [6.45, 7) is 2.60. The number of rotatable bonds is 8. The van der Waals surface area contributed by atoms with Crippen molar-refractivity contribution >= 4 is 35.8 Å². The predicted octanol–water partition coefficient (Wildman–Crippen LogP) is 2.55. The maximum Gasteiger partial charge on any atom is 0.390 e. The quantitative estimate of drug-likeness (QED) is 0.228. The Hall–Kier alpha value is -1.72. The first-order valence-electron chi connectivity index (χ1n) is 7.87. The summed E-state index contributed by atoms with van der Waals surface area (Å²) in [5.74, 6) is 0.596. The van der Waals surface area contributed by atoms with E-state index in [-0.39, 0.29) is 42.4 Å². The molecule has 0 heterocycles.